The Kier molecular flexibility index (Phi) is 5.46. The maximum atomic E-state index is 13.5. The van der Waals surface area contributed by atoms with E-state index >= 15 is 0 Å². The van der Waals surface area contributed by atoms with Crippen molar-refractivity contribution in [1.29, 1.82) is 0 Å². The number of ether oxygens (including phenoxy) is 1. The van der Waals surface area contributed by atoms with Crippen molar-refractivity contribution < 1.29 is 18.3 Å². The summed E-state index contributed by atoms with van der Waals surface area (Å²) >= 11 is 5.80. The summed E-state index contributed by atoms with van der Waals surface area (Å²) in [5.74, 6) is 1.52. The van der Waals surface area contributed by atoms with Crippen molar-refractivity contribution in [3.63, 3.8) is 0 Å². The molecule has 0 spiro atoms. The molecule has 6 nitrogen and oxygen atoms in total. The molecule has 1 N–H and O–H groups in total. The number of amidine groups is 1. The second kappa shape index (κ2) is 8.72. The number of aliphatic imine (C=N–C) groups is 1. The van der Waals surface area contributed by atoms with Crippen molar-refractivity contribution in [2.75, 3.05) is 0 Å². The van der Waals surface area contributed by atoms with Crippen LogP contribution in [0.15, 0.2) is 94.1 Å². The Hall–Kier alpha value is -4.23. The molecule has 0 atom stereocenters. The summed E-state index contributed by atoms with van der Waals surface area (Å²) in [5, 5.41) is 3.08. The topological polar surface area (TPSA) is 76.7 Å². The van der Waals surface area contributed by atoms with Crippen LogP contribution in [-0.2, 0) is 4.79 Å². The Morgan fingerprint density at radius 2 is 1.82 bits per heavy atom. The van der Waals surface area contributed by atoms with Gasteiger partial charge >= 0.3 is 0 Å². The van der Waals surface area contributed by atoms with Gasteiger partial charge in [-0.05, 0) is 60.2 Å². The van der Waals surface area contributed by atoms with E-state index in [1.165, 1.54) is 18.3 Å². The molecule has 162 valence electrons. The first-order valence-corrected chi connectivity index (χ1v) is 10.3. The van der Waals surface area contributed by atoms with Gasteiger partial charge in [-0.15, -0.1) is 0 Å². The quantitative estimate of drug-likeness (QED) is 0.300. The fourth-order valence-corrected chi connectivity index (χ4v) is 3.34. The smallest absolute Gasteiger partial charge is 0.275 e. The highest BCUT2D eigenvalue weighted by atomic mass is 35.5. The zero-order valence-electron chi connectivity index (χ0n) is 17.0. The number of furan rings is 1. The van der Waals surface area contributed by atoms with Crippen molar-refractivity contribution in [3.05, 3.63) is 107 Å². The highest BCUT2D eigenvalue weighted by Crippen LogP contribution is 2.26. The number of nitrogens with zero attached hydrogens (tertiary/aromatic N) is 2. The van der Waals surface area contributed by atoms with E-state index in [1.54, 1.807) is 60.7 Å². The number of carbonyl (C=O) groups excluding carboxylic acids is 1. The molecule has 0 saturated carbocycles. The number of halogens is 2. The lowest BCUT2D eigenvalue weighted by atomic mass is 10.2. The van der Waals surface area contributed by atoms with Crippen LogP contribution in [-0.4, -0.2) is 16.7 Å². The molecular formula is C25H15ClFN3O3. The van der Waals surface area contributed by atoms with E-state index in [9.17, 15) is 9.18 Å². The van der Waals surface area contributed by atoms with Gasteiger partial charge < -0.3 is 14.5 Å². The fraction of sp³-hybridized carbons (Fsp3) is 0. The van der Waals surface area contributed by atoms with E-state index in [4.69, 9.17) is 20.8 Å². The van der Waals surface area contributed by atoms with E-state index < -0.39 is 0 Å². The number of amides is 1. The van der Waals surface area contributed by atoms with E-state index in [0.717, 1.165) is 5.56 Å². The number of rotatable bonds is 5. The van der Waals surface area contributed by atoms with Crippen LogP contribution in [0.5, 0.6) is 11.5 Å². The van der Waals surface area contributed by atoms with Crippen LogP contribution >= 0.6 is 11.6 Å². The van der Waals surface area contributed by atoms with E-state index in [0.29, 0.717) is 33.7 Å². The van der Waals surface area contributed by atoms with Gasteiger partial charge in [-0.2, -0.15) is 0 Å². The SMILES string of the molecule is O=C1NC(c2ccc(-c3cccc(F)c3)o2)=N/C1=C\c1cccc(Oc2ccc(Cl)nc2)c1. The minimum atomic E-state index is -0.360. The van der Waals surface area contributed by atoms with Crippen molar-refractivity contribution >= 4 is 29.4 Å². The van der Waals surface area contributed by atoms with Gasteiger partial charge in [-0.3, -0.25) is 4.79 Å². The highest BCUT2D eigenvalue weighted by molar-refractivity contribution is 6.29. The molecule has 0 fully saturated rings. The molecule has 1 aliphatic rings. The summed E-state index contributed by atoms with van der Waals surface area (Å²) in [6.45, 7) is 0. The molecule has 0 bridgehead atoms. The third kappa shape index (κ3) is 4.68. The lowest BCUT2D eigenvalue weighted by Crippen LogP contribution is -2.24. The zero-order chi connectivity index (χ0) is 22.8. The standard InChI is InChI=1S/C25H15ClFN3O3/c26-23-10-7-19(14-28-23)32-18-6-1-3-15(11-18)12-20-25(31)30-24(29-20)22-9-8-21(33-22)16-4-2-5-17(27)13-16/h1-14H,(H,29,30,31)/b20-12-. The average molecular weight is 460 g/mol. The predicted molar refractivity (Wildman–Crippen MR) is 123 cm³/mol. The Morgan fingerprint density at radius 3 is 2.64 bits per heavy atom. The lowest BCUT2D eigenvalue weighted by molar-refractivity contribution is -0.115. The van der Waals surface area contributed by atoms with Crippen LogP contribution in [0.4, 0.5) is 4.39 Å². The summed E-state index contributed by atoms with van der Waals surface area (Å²) in [6, 6.07) is 20.0. The van der Waals surface area contributed by atoms with Gasteiger partial charge in [0.2, 0.25) is 0 Å². The molecule has 8 heteroatoms. The number of benzene rings is 2. The first kappa shape index (κ1) is 20.7. The maximum absolute atomic E-state index is 13.5. The fourth-order valence-electron chi connectivity index (χ4n) is 3.23. The zero-order valence-corrected chi connectivity index (χ0v) is 17.7. The van der Waals surface area contributed by atoms with Gasteiger partial charge in [0.15, 0.2) is 11.6 Å². The summed E-state index contributed by atoms with van der Waals surface area (Å²) in [5.41, 5.74) is 1.54. The maximum Gasteiger partial charge on any atom is 0.275 e. The Labute approximate surface area is 193 Å². The minimum Gasteiger partial charge on any atom is -0.456 e. The molecule has 0 radical (unpaired) electrons. The Balaban J connectivity index is 1.37. The lowest BCUT2D eigenvalue weighted by Gasteiger charge is -2.06. The summed E-state index contributed by atoms with van der Waals surface area (Å²) in [7, 11) is 0. The first-order valence-electron chi connectivity index (χ1n) is 9.91. The largest absolute Gasteiger partial charge is 0.456 e. The number of carbonyl (C=O) groups is 1. The molecule has 3 heterocycles. The van der Waals surface area contributed by atoms with Crippen LogP contribution in [0.3, 0.4) is 0 Å². The van der Waals surface area contributed by atoms with Crippen molar-refractivity contribution in [1.82, 2.24) is 10.3 Å². The summed E-state index contributed by atoms with van der Waals surface area (Å²) in [4.78, 5) is 20.8. The number of aromatic nitrogens is 1. The molecule has 5 rings (SSSR count). The van der Waals surface area contributed by atoms with E-state index in [2.05, 4.69) is 15.3 Å². The molecule has 0 unspecified atom stereocenters. The molecular weight excluding hydrogens is 445 g/mol. The number of hydrogen-bond acceptors (Lipinski definition) is 5. The van der Waals surface area contributed by atoms with Gasteiger partial charge in [-0.1, -0.05) is 35.9 Å². The van der Waals surface area contributed by atoms with Crippen LogP contribution < -0.4 is 10.1 Å². The van der Waals surface area contributed by atoms with E-state index in [1.807, 2.05) is 6.07 Å². The predicted octanol–water partition coefficient (Wildman–Crippen LogP) is 5.84. The van der Waals surface area contributed by atoms with Crippen molar-refractivity contribution in [2.45, 2.75) is 0 Å². The Morgan fingerprint density at radius 1 is 0.970 bits per heavy atom. The normalized spacial score (nSPS) is 14.3. The monoisotopic (exact) mass is 459 g/mol. The van der Waals surface area contributed by atoms with Gasteiger partial charge in [0.25, 0.3) is 5.91 Å². The van der Waals surface area contributed by atoms with Crippen molar-refractivity contribution in [3.8, 4) is 22.8 Å². The molecule has 2 aromatic heterocycles. The average Bonchev–Trinajstić information content (AvgIpc) is 3.43. The summed E-state index contributed by atoms with van der Waals surface area (Å²) < 4.78 is 25.0. The van der Waals surface area contributed by atoms with Gasteiger partial charge in [0.1, 0.15) is 33.9 Å². The molecule has 0 aliphatic carbocycles. The van der Waals surface area contributed by atoms with Gasteiger partial charge in [0, 0.05) is 5.56 Å². The molecule has 0 saturated heterocycles. The molecule has 4 aromatic rings. The first-order chi connectivity index (χ1) is 16.0. The second-order valence-corrected chi connectivity index (χ2v) is 7.50. The molecule has 1 aliphatic heterocycles. The highest BCUT2D eigenvalue weighted by Gasteiger charge is 2.23. The summed E-state index contributed by atoms with van der Waals surface area (Å²) in [6.07, 6.45) is 3.17. The van der Waals surface area contributed by atoms with E-state index in [-0.39, 0.29) is 23.3 Å². The second-order valence-electron chi connectivity index (χ2n) is 7.11. The number of nitrogens with one attached hydrogen (secondary N) is 1. The number of pyridine rings is 1. The Bertz CT molecular complexity index is 1410. The third-order valence-electron chi connectivity index (χ3n) is 4.74. The molecule has 33 heavy (non-hydrogen) atoms. The van der Waals surface area contributed by atoms with Crippen LogP contribution in [0, 0.1) is 5.82 Å². The molecule has 1 amide bonds. The van der Waals surface area contributed by atoms with Gasteiger partial charge in [-0.25, -0.2) is 14.4 Å². The minimum absolute atomic E-state index is 0.221. The third-order valence-corrected chi connectivity index (χ3v) is 4.97. The van der Waals surface area contributed by atoms with Crippen molar-refractivity contribution in [2.24, 2.45) is 4.99 Å². The van der Waals surface area contributed by atoms with Gasteiger partial charge in [0.05, 0.1) is 6.20 Å². The molecule has 2 aromatic carbocycles. The van der Waals surface area contributed by atoms with Crippen LogP contribution in [0.2, 0.25) is 5.15 Å². The van der Waals surface area contributed by atoms with Crippen LogP contribution in [0.1, 0.15) is 11.3 Å². The number of hydrogen-bond donors (Lipinski definition) is 1. The van der Waals surface area contributed by atoms with Crippen LogP contribution in [0.25, 0.3) is 17.4 Å².